The van der Waals surface area contributed by atoms with Crippen molar-refractivity contribution >= 4 is 83.6 Å². The van der Waals surface area contributed by atoms with Crippen LogP contribution in [-0.4, -0.2) is 298 Å². The van der Waals surface area contributed by atoms with Gasteiger partial charge in [-0.1, -0.05) is 103 Å². The molecule has 38 heteroatoms. The van der Waals surface area contributed by atoms with Crippen LogP contribution in [0.3, 0.4) is 0 Å². The molecule has 10 aliphatic rings. The largest absolute Gasteiger partial charge is 0.481 e. The van der Waals surface area contributed by atoms with Gasteiger partial charge in [0.15, 0.2) is 12.2 Å². The second-order valence-electron chi connectivity index (χ2n) is 46.1. The Labute approximate surface area is 858 Å². The number of carboxylic acid groups (broad SMARTS) is 7. The number of rotatable bonds is 43. The van der Waals surface area contributed by atoms with Crippen LogP contribution in [0.1, 0.15) is 299 Å². The number of ether oxygens (including phenoxy) is 17. The van der Waals surface area contributed by atoms with Crippen LogP contribution in [-0.2, 0) is 148 Å². The van der Waals surface area contributed by atoms with Crippen molar-refractivity contribution in [1.29, 1.82) is 0 Å². The molecule has 7 aliphatic carbocycles. The van der Waals surface area contributed by atoms with Crippen molar-refractivity contribution in [1.82, 2.24) is 0 Å². The fourth-order valence-electron chi connectivity index (χ4n) is 22.3. The molecule has 3 aliphatic heterocycles. The number of fused-ring (bicyclic) bond motifs is 1. The topological polar surface area (TPSA) is 538 Å². The van der Waals surface area contributed by atoms with Crippen molar-refractivity contribution < 1.29 is 183 Å². The highest BCUT2D eigenvalue weighted by molar-refractivity contribution is 5.86. The summed E-state index contributed by atoms with van der Waals surface area (Å²) < 4.78 is 89.3. The summed E-state index contributed by atoms with van der Waals surface area (Å²) in [6.45, 7) is 44.1. The Balaban J connectivity index is 0.000000353. The maximum Gasteiger partial charge on any atom is 0.309 e. The number of methoxy groups -OCH3 is 7. The first-order valence-corrected chi connectivity index (χ1v) is 51.5. The fraction of sp³-hybridized carbons (Fsp3) is 0.869. The lowest BCUT2D eigenvalue weighted by Crippen LogP contribution is -2.44. The Morgan fingerprint density at radius 1 is 0.221 bits per heavy atom. The van der Waals surface area contributed by atoms with Crippen LogP contribution in [0.15, 0.2) is 0 Å². The standard InChI is InChI=1S/C17H26O7.C17H30O5.C16H28O5.C15H24O6.C15H26O5.C14H24O5.C13H22O5/c1-16(2)9(5-6-17(16,3)15(19)20)14(18)24-11-8-23-12-10(21-4)7-22-13(11)12;1-16(2)13(9-10-17(16,3)15(19)20)14(18)22-12-8-6-5-7-11-21-4;1-15(2)12(8-9-16(15,3)14(18)19)13(17)21-11-7-5-6-10-20-4;1-14(2)9(5-6-15(14,3)13(17)18)12(16)21-11-8-20-7-10(11)19-4;1-14(2)11(7-8-15(14,3)13(17)18)12(16)20-10-6-5-9-19-4;1-13(2)10(6-7-14(13,3)12(16)17)11(15)19-9-5-8-18-4;1-12(2)9(10(14)18-8-7-17-4)5-6-13(12,3)11(15)16/h9-13H,5-8H2,1-4H3,(H,19,20);13H,5-12H2,1-4H3,(H,19,20);12H,5-11H2,1-4H3,(H,18,19);9-11H,5-8H2,1-4H3,(H,17,18);11H,5-10H2,1-4H3,(H,17,18);10H,5-9H2,1-4H3,(H,16,17);9H,5-8H2,1-4H3,(H,15,16)/t9?,10-,11+,12+,13+,17?;;;9?,10-,11+,15?;;;/m0..1.../s1. The zero-order valence-electron chi connectivity index (χ0n) is 92.2. The summed E-state index contributed by atoms with van der Waals surface area (Å²) in [6.07, 6.45) is 14.6. The molecule has 145 heavy (non-hydrogen) atoms. The van der Waals surface area contributed by atoms with Crippen LogP contribution in [0, 0.1) is 117 Å². The van der Waals surface area contributed by atoms with Crippen LogP contribution in [0.25, 0.3) is 0 Å². The Morgan fingerprint density at radius 2 is 0.414 bits per heavy atom. The zero-order chi connectivity index (χ0) is 110. The maximum atomic E-state index is 12.7. The van der Waals surface area contributed by atoms with Gasteiger partial charge in [-0.25, -0.2) is 0 Å². The summed E-state index contributed by atoms with van der Waals surface area (Å²) in [5.74, 6) is -10.6. The average molecular weight is 2070 g/mol. The van der Waals surface area contributed by atoms with E-state index in [9.17, 15) is 103 Å². The van der Waals surface area contributed by atoms with Gasteiger partial charge in [0.2, 0.25) is 0 Å². The predicted octanol–water partition coefficient (Wildman–Crippen LogP) is 15.1. The van der Waals surface area contributed by atoms with E-state index in [0.717, 1.165) is 71.0 Å². The lowest BCUT2D eigenvalue weighted by Gasteiger charge is -2.37. The van der Waals surface area contributed by atoms with E-state index in [1.807, 2.05) is 96.9 Å². The third-order valence-corrected chi connectivity index (χ3v) is 36.9. The normalized spacial score (nSPS) is 32.3. The molecule has 836 valence electrons. The van der Waals surface area contributed by atoms with Crippen LogP contribution in [0.5, 0.6) is 0 Å². The van der Waals surface area contributed by atoms with Gasteiger partial charge in [-0.2, -0.15) is 0 Å². The van der Waals surface area contributed by atoms with Crippen LogP contribution in [0.4, 0.5) is 0 Å². The Bertz CT molecular complexity index is 4250. The molecule has 0 spiro atoms. The van der Waals surface area contributed by atoms with E-state index in [1.165, 1.54) is 7.11 Å². The van der Waals surface area contributed by atoms with E-state index in [0.29, 0.717) is 162 Å². The SMILES string of the molecule is COCCCCCCOC(=O)C1CCC(C)(C(=O)O)C1(C)C.COCCCCCOC(=O)C1CCC(C)(C(=O)O)C1(C)C.COCCCCOC(=O)C1CCC(C)(C(=O)O)C1(C)C.COCCCOC(=O)C1CCC(C)(C(=O)O)C1(C)C.COCCOC(=O)C1CCC(C)(C(=O)O)C1(C)C.CO[C@@H]1COC[C@@H]1OC(=O)C1CCC(C)(C(=O)O)C1(C)C.CO[C@H]1CO[C@H]2[C@@H]1OC[C@H]2OC(=O)C1CCC(C)(C(=O)O)C1(C)C. The summed E-state index contributed by atoms with van der Waals surface area (Å²) >= 11 is 0. The van der Waals surface area contributed by atoms with Crippen molar-refractivity contribution in [2.45, 2.75) is 336 Å². The van der Waals surface area contributed by atoms with Crippen molar-refractivity contribution in [2.75, 3.05) is 142 Å². The molecule has 20 atom stereocenters. The molecule has 0 aromatic heterocycles. The molecule has 0 amide bonds. The van der Waals surface area contributed by atoms with E-state index < -0.39 is 142 Å². The van der Waals surface area contributed by atoms with Gasteiger partial charge >= 0.3 is 83.6 Å². The Morgan fingerprint density at radius 3 is 0.662 bits per heavy atom. The lowest BCUT2D eigenvalue weighted by molar-refractivity contribution is -0.168. The first-order chi connectivity index (χ1) is 67.3. The molecular formula is C107H180O38. The maximum absolute atomic E-state index is 12.7. The first-order valence-electron chi connectivity index (χ1n) is 51.5. The monoisotopic (exact) mass is 2070 g/mol. The highest BCUT2D eigenvalue weighted by Crippen LogP contribution is 2.63. The second-order valence-corrected chi connectivity index (χ2v) is 46.1. The van der Waals surface area contributed by atoms with E-state index >= 15 is 0 Å². The van der Waals surface area contributed by atoms with Crippen molar-refractivity contribution in [3.63, 3.8) is 0 Å². The van der Waals surface area contributed by atoms with Gasteiger partial charge in [0.1, 0.15) is 31.0 Å². The molecule has 7 saturated carbocycles. The molecule has 0 aromatic carbocycles. The van der Waals surface area contributed by atoms with E-state index in [4.69, 9.17) is 80.5 Å². The minimum absolute atomic E-state index is 0.142. The fourth-order valence-corrected chi connectivity index (χ4v) is 22.3. The molecule has 7 N–H and O–H groups in total. The summed E-state index contributed by atoms with van der Waals surface area (Å²) in [7, 11) is 11.3. The number of unbranched alkanes of at least 4 members (excludes halogenated alkanes) is 6. The lowest BCUT2D eigenvalue weighted by atomic mass is 9.66. The number of esters is 7. The average Bonchev–Trinajstić information content (AvgIpc) is 1.61. The highest BCUT2D eigenvalue weighted by atomic mass is 16.7. The van der Waals surface area contributed by atoms with Crippen LogP contribution in [0.2, 0.25) is 0 Å². The minimum atomic E-state index is -0.934. The molecule has 3 saturated heterocycles. The number of hydrogen-bond acceptors (Lipinski definition) is 31. The van der Waals surface area contributed by atoms with Crippen molar-refractivity contribution in [2.24, 2.45) is 117 Å². The van der Waals surface area contributed by atoms with Gasteiger partial charge < -0.3 is 116 Å². The molecule has 38 nitrogen and oxygen atoms in total. The third kappa shape index (κ3) is 29.5. The molecule has 0 radical (unpaired) electrons. The summed E-state index contributed by atoms with van der Waals surface area (Å²) in [5.41, 5.74) is -10.5. The number of carboxylic acids is 7. The zero-order valence-corrected chi connectivity index (χ0v) is 92.2. The van der Waals surface area contributed by atoms with Gasteiger partial charge in [-0.3, -0.25) is 67.1 Å². The number of hydrogen-bond donors (Lipinski definition) is 7. The van der Waals surface area contributed by atoms with Gasteiger partial charge in [0.05, 0.1) is 139 Å². The van der Waals surface area contributed by atoms with Crippen molar-refractivity contribution in [3.8, 4) is 0 Å². The smallest absolute Gasteiger partial charge is 0.309 e. The quantitative estimate of drug-likeness (QED) is 0.0169. The molecule has 14 unspecified atom stereocenters. The van der Waals surface area contributed by atoms with Crippen molar-refractivity contribution in [3.05, 3.63) is 0 Å². The summed E-state index contributed by atoms with van der Waals surface area (Å²) in [6, 6.07) is 0. The Kier molecular flexibility index (Phi) is 49.4. The third-order valence-electron chi connectivity index (χ3n) is 36.9. The van der Waals surface area contributed by atoms with Gasteiger partial charge in [-0.05, 0) is 228 Å². The first kappa shape index (κ1) is 129. The number of carbonyl (C=O) groups excluding carboxylic acids is 7. The number of aliphatic carboxylic acids is 7. The predicted molar refractivity (Wildman–Crippen MR) is 528 cm³/mol. The van der Waals surface area contributed by atoms with Gasteiger partial charge in [-0.15, -0.1) is 0 Å². The molecule has 10 rings (SSSR count). The van der Waals surface area contributed by atoms with Gasteiger partial charge in [0, 0.05) is 82.6 Å². The van der Waals surface area contributed by atoms with Crippen LogP contribution >= 0.6 is 0 Å². The van der Waals surface area contributed by atoms with E-state index in [-0.39, 0.29) is 109 Å². The molecule has 10 fully saturated rings. The molecule has 3 heterocycles. The molecule has 0 bridgehead atoms. The molecule has 0 aromatic rings. The van der Waals surface area contributed by atoms with E-state index in [2.05, 4.69) is 0 Å². The highest BCUT2D eigenvalue weighted by Gasteiger charge is 2.66. The Hall–Kier alpha value is -7.82. The molecular weight excluding hydrogens is 1890 g/mol. The van der Waals surface area contributed by atoms with E-state index in [1.54, 1.807) is 91.1 Å². The van der Waals surface area contributed by atoms with Gasteiger partial charge in [0.25, 0.3) is 0 Å². The number of carbonyl (C=O) groups is 14. The second kappa shape index (κ2) is 55.3. The summed E-state index contributed by atoms with van der Waals surface area (Å²) in [5, 5.41) is 66.1. The minimum Gasteiger partial charge on any atom is -0.481 e. The van der Waals surface area contributed by atoms with Crippen LogP contribution < -0.4 is 0 Å². The summed E-state index contributed by atoms with van der Waals surface area (Å²) in [4.78, 5) is 166.